The number of hydrogen-bond donors (Lipinski definition) is 0. The zero-order chi connectivity index (χ0) is 29.7. The summed E-state index contributed by atoms with van der Waals surface area (Å²) >= 11 is 0. The molecule has 0 radical (unpaired) electrons. The van der Waals surface area contributed by atoms with Gasteiger partial charge in [-0.05, 0) is 59.0 Å². The van der Waals surface area contributed by atoms with Crippen molar-refractivity contribution in [3.63, 3.8) is 0 Å². The normalized spacial score (nSPS) is 12.6. The Morgan fingerprint density at radius 2 is 1.13 bits per heavy atom. The van der Waals surface area contributed by atoms with E-state index in [0.717, 1.165) is 35.2 Å². The molecule has 1 aliphatic rings. The summed E-state index contributed by atoms with van der Waals surface area (Å²) in [6, 6.07) is 46.7. The fourth-order valence-electron chi connectivity index (χ4n) is 6.82. The maximum absolute atomic E-state index is 5.01. The van der Waals surface area contributed by atoms with Crippen molar-refractivity contribution in [2.75, 3.05) is 0 Å². The summed E-state index contributed by atoms with van der Waals surface area (Å²) in [6.45, 7) is 0. The molecule has 212 valence electrons. The summed E-state index contributed by atoms with van der Waals surface area (Å²) in [7, 11) is 0. The van der Waals surface area contributed by atoms with Gasteiger partial charge in [0, 0.05) is 33.2 Å². The summed E-state index contributed by atoms with van der Waals surface area (Å²) < 4.78 is 2.41. The van der Waals surface area contributed by atoms with Crippen molar-refractivity contribution in [2.45, 2.75) is 12.8 Å². The number of aromatic nitrogens is 4. The van der Waals surface area contributed by atoms with Gasteiger partial charge in [-0.3, -0.25) is 0 Å². The third-order valence-corrected chi connectivity index (χ3v) is 8.89. The second-order valence-electron chi connectivity index (χ2n) is 11.6. The Morgan fingerprint density at radius 1 is 0.511 bits per heavy atom. The van der Waals surface area contributed by atoms with E-state index < -0.39 is 0 Å². The molecule has 0 bridgehead atoms. The first-order chi connectivity index (χ1) is 22.3. The Labute approximate surface area is 261 Å². The molecule has 4 nitrogen and oxygen atoms in total. The van der Waals surface area contributed by atoms with Crippen molar-refractivity contribution in [3.8, 4) is 39.9 Å². The molecule has 0 amide bonds. The van der Waals surface area contributed by atoms with Crippen LogP contribution in [-0.4, -0.2) is 19.5 Å². The molecule has 9 rings (SSSR count). The third-order valence-electron chi connectivity index (χ3n) is 8.89. The largest absolute Gasteiger partial charge is 0.309 e. The van der Waals surface area contributed by atoms with Crippen LogP contribution in [-0.2, 0) is 6.42 Å². The lowest BCUT2D eigenvalue weighted by atomic mass is 9.92. The van der Waals surface area contributed by atoms with Crippen LogP contribution in [0.2, 0.25) is 0 Å². The summed E-state index contributed by atoms with van der Waals surface area (Å²) in [5, 5.41) is 5.22. The zero-order valence-corrected chi connectivity index (χ0v) is 24.6. The van der Waals surface area contributed by atoms with E-state index in [4.69, 9.17) is 15.0 Å². The molecule has 0 N–H and O–H groups in total. The molecule has 2 aromatic heterocycles. The molecular weight excluding hydrogens is 548 g/mol. The summed E-state index contributed by atoms with van der Waals surface area (Å²) in [6.07, 6.45) is 6.67. The maximum Gasteiger partial charge on any atom is 0.164 e. The van der Waals surface area contributed by atoms with E-state index >= 15 is 0 Å². The molecule has 0 aliphatic heterocycles. The molecule has 0 spiro atoms. The van der Waals surface area contributed by atoms with Crippen LogP contribution in [0, 0.1) is 0 Å². The fourth-order valence-corrected chi connectivity index (χ4v) is 6.82. The van der Waals surface area contributed by atoms with E-state index in [-0.39, 0.29) is 0 Å². The highest BCUT2D eigenvalue weighted by Gasteiger charge is 2.21. The molecule has 0 saturated carbocycles. The molecule has 0 unspecified atom stereocenters. The first-order valence-corrected chi connectivity index (χ1v) is 15.4. The molecule has 0 fully saturated rings. The summed E-state index contributed by atoms with van der Waals surface area (Å²) in [5.41, 5.74) is 9.13. The van der Waals surface area contributed by atoms with Crippen molar-refractivity contribution in [1.29, 1.82) is 0 Å². The lowest BCUT2D eigenvalue weighted by Crippen LogP contribution is -2.01. The van der Waals surface area contributed by atoms with Gasteiger partial charge in [0.25, 0.3) is 0 Å². The first-order valence-electron chi connectivity index (χ1n) is 15.4. The number of benzene rings is 6. The fraction of sp³-hybridized carbons (Fsp3) is 0.0488. The lowest BCUT2D eigenvalue weighted by Gasteiger charge is -2.14. The minimum absolute atomic E-state index is 0.651. The number of hydrogen-bond acceptors (Lipinski definition) is 3. The minimum atomic E-state index is 0.651. The molecule has 0 atom stereocenters. The van der Waals surface area contributed by atoms with Crippen LogP contribution in [0.3, 0.4) is 0 Å². The summed E-state index contributed by atoms with van der Waals surface area (Å²) in [5.74, 6) is 1.97. The van der Waals surface area contributed by atoms with Crippen LogP contribution < -0.4 is 0 Å². The Morgan fingerprint density at radius 3 is 1.89 bits per heavy atom. The van der Waals surface area contributed by atoms with Crippen LogP contribution in [0.25, 0.3) is 78.5 Å². The molecule has 6 aromatic carbocycles. The van der Waals surface area contributed by atoms with E-state index in [1.807, 2.05) is 60.7 Å². The molecule has 2 heterocycles. The minimum Gasteiger partial charge on any atom is -0.309 e. The predicted octanol–water partition coefficient (Wildman–Crippen LogP) is 10.1. The molecule has 1 aliphatic carbocycles. The standard InChI is InChI=1S/C41H28N4/c1-3-14-29(15-4-1)39-42-40(30-16-5-2-6-17-30)44-41(43-39)31-18-11-19-32(26-31)45-35-24-22-27-12-7-9-20-33(27)37(35)38-34-21-10-8-13-28(34)23-25-36(38)45/h1-9,11-20,22-26H,10,21H2. The highest BCUT2D eigenvalue weighted by Crippen LogP contribution is 2.41. The van der Waals surface area contributed by atoms with Gasteiger partial charge in [-0.2, -0.15) is 0 Å². The van der Waals surface area contributed by atoms with Crippen molar-refractivity contribution in [2.24, 2.45) is 0 Å². The molecule has 8 aromatic rings. The van der Waals surface area contributed by atoms with Gasteiger partial charge in [-0.15, -0.1) is 0 Å². The third kappa shape index (κ3) is 4.26. The number of nitrogens with zero attached hydrogens (tertiary/aromatic N) is 4. The second kappa shape index (κ2) is 10.4. The average molecular weight is 577 g/mol. The van der Waals surface area contributed by atoms with Gasteiger partial charge >= 0.3 is 0 Å². The number of allylic oxidation sites excluding steroid dienone is 1. The van der Waals surface area contributed by atoms with Crippen molar-refractivity contribution in [1.82, 2.24) is 19.5 Å². The van der Waals surface area contributed by atoms with Crippen LogP contribution >= 0.6 is 0 Å². The Kier molecular flexibility index (Phi) is 5.91. The van der Waals surface area contributed by atoms with E-state index in [2.05, 4.69) is 89.5 Å². The van der Waals surface area contributed by atoms with Crippen molar-refractivity contribution >= 4 is 38.7 Å². The van der Waals surface area contributed by atoms with E-state index in [9.17, 15) is 0 Å². The number of fused-ring (bicyclic) bond motifs is 7. The Bertz CT molecular complexity index is 2360. The number of aryl methyl sites for hydroxylation is 1. The topological polar surface area (TPSA) is 43.6 Å². The van der Waals surface area contributed by atoms with E-state index in [1.165, 1.54) is 43.7 Å². The van der Waals surface area contributed by atoms with Gasteiger partial charge in [0.1, 0.15) is 0 Å². The predicted molar refractivity (Wildman–Crippen MR) is 185 cm³/mol. The smallest absolute Gasteiger partial charge is 0.164 e. The van der Waals surface area contributed by atoms with Gasteiger partial charge in [-0.1, -0.05) is 121 Å². The van der Waals surface area contributed by atoms with Crippen LogP contribution in [0.4, 0.5) is 0 Å². The quantitative estimate of drug-likeness (QED) is 0.209. The SMILES string of the molecule is C1=Cc2ccc3c(c2CC1)c1c2ccccc2ccc1n3-c1cccc(-c2nc(-c3ccccc3)nc(-c3ccccc3)n2)c1. The average Bonchev–Trinajstić information content (AvgIpc) is 3.48. The van der Waals surface area contributed by atoms with Crippen molar-refractivity contribution in [3.05, 3.63) is 151 Å². The molecule has 4 heteroatoms. The van der Waals surface area contributed by atoms with Gasteiger partial charge in [0.15, 0.2) is 17.5 Å². The second-order valence-corrected chi connectivity index (χ2v) is 11.6. The van der Waals surface area contributed by atoms with Gasteiger partial charge < -0.3 is 4.57 Å². The number of rotatable bonds is 4. The molecule has 45 heavy (non-hydrogen) atoms. The van der Waals surface area contributed by atoms with Crippen LogP contribution in [0.15, 0.2) is 140 Å². The zero-order valence-electron chi connectivity index (χ0n) is 24.6. The Balaban J connectivity index is 1.29. The highest BCUT2D eigenvalue weighted by molar-refractivity contribution is 6.22. The van der Waals surface area contributed by atoms with Crippen LogP contribution in [0.5, 0.6) is 0 Å². The highest BCUT2D eigenvalue weighted by atomic mass is 15.0. The first kappa shape index (κ1) is 25.6. The van der Waals surface area contributed by atoms with Gasteiger partial charge in [-0.25, -0.2) is 15.0 Å². The van der Waals surface area contributed by atoms with Gasteiger partial charge in [0.05, 0.1) is 11.0 Å². The van der Waals surface area contributed by atoms with Gasteiger partial charge in [0.2, 0.25) is 0 Å². The monoisotopic (exact) mass is 576 g/mol. The molecular formula is C41H28N4. The van der Waals surface area contributed by atoms with E-state index in [0.29, 0.717) is 17.5 Å². The van der Waals surface area contributed by atoms with E-state index in [1.54, 1.807) is 0 Å². The van der Waals surface area contributed by atoms with Crippen molar-refractivity contribution < 1.29 is 0 Å². The van der Waals surface area contributed by atoms with Crippen LogP contribution in [0.1, 0.15) is 17.5 Å². The Hall–Kier alpha value is -5.87. The maximum atomic E-state index is 5.01. The summed E-state index contributed by atoms with van der Waals surface area (Å²) in [4.78, 5) is 14.9. The lowest BCUT2D eigenvalue weighted by molar-refractivity contribution is 0.997. The molecule has 0 saturated heterocycles.